The summed E-state index contributed by atoms with van der Waals surface area (Å²) in [5.74, 6) is 0.939. The third-order valence-corrected chi connectivity index (χ3v) is 4.04. The van der Waals surface area contributed by atoms with Gasteiger partial charge in [-0.25, -0.2) is 0 Å². The van der Waals surface area contributed by atoms with Crippen LogP contribution in [0.5, 0.6) is 0 Å². The van der Waals surface area contributed by atoms with Gasteiger partial charge < -0.3 is 29.2 Å². The van der Waals surface area contributed by atoms with Crippen molar-refractivity contribution in [3.63, 3.8) is 0 Å². The molecule has 0 saturated carbocycles. The molecule has 2 unspecified atom stereocenters. The quantitative estimate of drug-likeness (QED) is 0.255. The van der Waals surface area contributed by atoms with Crippen molar-refractivity contribution in [1.82, 2.24) is 10.2 Å². The maximum atomic E-state index is 5.90. The molecule has 0 bridgehead atoms. The Morgan fingerprint density at radius 2 is 2.04 bits per heavy atom. The van der Waals surface area contributed by atoms with Crippen molar-refractivity contribution >= 4 is 29.9 Å². The summed E-state index contributed by atoms with van der Waals surface area (Å²) in [5.41, 5.74) is 0. The van der Waals surface area contributed by atoms with Crippen LogP contribution in [0.1, 0.15) is 19.8 Å². The lowest BCUT2D eigenvalue weighted by Gasteiger charge is -2.37. The topological polar surface area (TPSA) is 64.6 Å². The SMILES string of the molecule is CCNC(=NCCOCCOC)N1CCOC(C2CCCO2)C1.I. The van der Waals surface area contributed by atoms with Crippen LogP contribution >= 0.6 is 24.0 Å². The van der Waals surface area contributed by atoms with Gasteiger partial charge in [-0.2, -0.15) is 0 Å². The molecule has 0 radical (unpaired) electrons. The van der Waals surface area contributed by atoms with Gasteiger partial charge in [-0.1, -0.05) is 0 Å². The molecule has 2 saturated heterocycles. The monoisotopic (exact) mass is 457 g/mol. The summed E-state index contributed by atoms with van der Waals surface area (Å²) in [6.07, 6.45) is 2.61. The Bertz CT molecular complexity index is 354. The van der Waals surface area contributed by atoms with E-state index in [0.29, 0.717) is 26.4 Å². The third kappa shape index (κ3) is 7.38. The van der Waals surface area contributed by atoms with E-state index in [-0.39, 0.29) is 36.2 Å². The van der Waals surface area contributed by atoms with Gasteiger partial charge in [0.25, 0.3) is 0 Å². The van der Waals surface area contributed by atoms with Gasteiger partial charge >= 0.3 is 0 Å². The minimum atomic E-state index is 0. The Morgan fingerprint density at radius 1 is 1.21 bits per heavy atom. The number of halogens is 1. The molecular formula is C16H32IN3O4. The van der Waals surface area contributed by atoms with Crippen molar-refractivity contribution in [3.8, 4) is 0 Å². The smallest absolute Gasteiger partial charge is 0.194 e. The van der Waals surface area contributed by atoms with Crippen molar-refractivity contribution in [2.75, 3.05) is 66.3 Å². The van der Waals surface area contributed by atoms with Gasteiger partial charge in [0.05, 0.1) is 39.1 Å². The predicted molar refractivity (Wildman–Crippen MR) is 104 cm³/mol. The van der Waals surface area contributed by atoms with Crippen LogP contribution in [-0.2, 0) is 18.9 Å². The summed E-state index contributed by atoms with van der Waals surface area (Å²) in [7, 11) is 1.67. The van der Waals surface area contributed by atoms with Gasteiger partial charge in [0.2, 0.25) is 0 Å². The largest absolute Gasteiger partial charge is 0.382 e. The summed E-state index contributed by atoms with van der Waals surface area (Å²) in [4.78, 5) is 6.94. The molecule has 2 rings (SSSR count). The van der Waals surface area contributed by atoms with E-state index >= 15 is 0 Å². The first-order valence-electron chi connectivity index (χ1n) is 8.68. The molecule has 24 heavy (non-hydrogen) atoms. The van der Waals surface area contributed by atoms with Crippen LogP contribution in [0.4, 0.5) is 0 Å². The van der Waals surface area contributed by atoms with Crippen molar-refractivity contribution in [1.29, 1.82) is 0 Å². The van der Waals surface area contributed by atoms with E-state index in [9.17, 15) is 0 Å². The maximum Gasteiger partial charge on any atom is 0.194 e. The summed E-state index contributed by atoms with van der Waals surface area (Å²) in [6.45, 7) is 8.70. The van der Waals surface area contributed by atoms with Crippen molar-refractivity contribution in [2.24, 2.45) is 4.99 Å². The molecule has 2 fully saturated rings. The highest BCUT2D eigenvalue weighted by Crippen LogP contribution is 2.20. The number of nitrogens with one attached hydrogen (secondary N) is 1. The summed E-state index contributed by atoms with van der Waals surface area (Å²) < 4.78 is 22.1. The number of methoxy groups -OCH3 is 1. The molecule has 7 nitrogen and oxygen atoms in total. The van der Waals surface area contributed by atoms with Gasteiger partial charge in [0.1, 0.15) is 6.10 Å². The average molecular weight is 457 g/mol. The second-order valence-corrected chi connectivity index (χ2v) is 5.75. The predicted octanol–water partition coefficient (Wildman–Crippen LogP) is 1.11. The molecule has 0 aliphatic carbocycles. The number of hydrogen-bond donors (Lipinski definition) is 1. The molecule has 0 aromatic heterocycles. The lowest BCUT2D eigenvalue weighted by Crippen LogP contribution is -2.53. The zero-order valence-corrected chi connectivity index (χ0v) is 17.2. The molecule has 2 aliphatic heterocycles. The fourth-order valence-corrected chi connectivity index (χ4v) is 2.87. The first kappa shape index (κ1) is 21.9. The third-order valence-electron chi connectivity index (χ3n) is 4.04. The molecule has 0 spiro atoms. The van der Waals surface area contributed by atoms with Gasteiger partial charge in [-0.15, -0.1) is 24.0 Å². The molecule has 0 aromatic carbocycles. The molecular weight excluding hydrogens is 425 g/mol. The second kappa shape index (κ2) is 13.1. The lowest BCUT2D eigenvalue weighted by atomic mass is 10.1. The number of ether oxygens (including phenoxy) is 4. The van der Waals surface area contributed by atoms with Crippen molar-refractivity contribution in [2.45, 2.75) is 32.0 Å². The molecule has 142 valence electrons. The maximum absolute atomic E-state index is 5.90. The van der Waals surface area contributed by atoms with Gasteiger partial charge in [-0.05, 0) is 19.8 Å². The zero-order chi connectivity index (χ0) is 16.3. The number of guanidine groups is 1. The first-order chi connectivity index (χ1) is 11.3. The molecule has 2 heterocycles. The lowest BCUT2D eigenvalue weighted by molar-refractivity contribution is -0.0817. The van der Waals surface area contributed by atoms with E-state index in [1.807, 2.05) is 0 Å². The van der Waals surface area contributed by atoms with E-state index in [2.05, 4.69) is 22.1 Å². The molecule has 2 aliphatic rings. The van der Waals surface area contributed by atoms with E-state index in [1.54, 1.807) is 7.11 Å². The molecule has 1 N–H and O–H groups in total. The molecule has 2 atom stereocenters. The summed E-state index contributed by atoms with van der Waals surface area (Å²) in [6, 6.07) is 0. The molecule has 8 heteroatoms. The van der Waals surface area contributed by atoms with Gasteiger partial charge in [-0.3, -0.25) is 4.99 Å². The Hall–Kier alpha value is -0.160. The van der Waals surface area contributed by atoms with Crippen LogP contribution in [-0.4, -0.2) is 89.4 Å². The number of rotatable bonds is 8. The number of hydrogen-bond acceptors (Lipinski definition) is 5. The van der Waals surface area contributed by atoms with E-state index in [0.717, 1.165) is 51.6 Å². The number of aliphatic imine (C=N–C) groups is 1. The van der Waals surface area contributed by atoms with Crippen LogP contribution < -0.4 is 5.32 Å². The number of nitrogens with zero attached hydrogens (tertiary/aromatic N) is 2. The minimum Gasteiger partial charge on any atom is -0.382 e. The average Bonchev–Trinajstić information content (AvgIpc) is 3.12. The Morgan fingerprint density at radius 3 is 2.75 bits per heavy atom. The van der Waals surface area contributed by atoms with Gasteiger partial charge in [0, 0.05) is 33.4 Å². The van der Waals surface area contributed by atoms with Crippen LogP contribution in [0.15, 0.2) is 4.99 Å². The fraction of sp³-hybridized carbons (Fsp3) is 0.938. The van der Waals surface area contributed by atoms with Crippen LogP contribution in [0.25, 0.3) is 0 Å². The standard InChI is InChI=1S/C16H31N3O4.HI/c1-3-17-16(18-6-9-21-12-11-20-2)19-7-10-23-15(13-19)14-5-4-8-22-14;/h14-15H,3-13H2,1-2H3,(H,17,18);1H. The summed E-state index contributed by atoms with van der Waals surface area (Å²) in [5, 5.41) is 3.36. The highest BCUT2D eigenvalue weighted by atomic mass is 127. The van der Waals surface area contributed by atoms with Gasteiger partial charge in [0.15, 0.2) is 5.96 Å². The molecule has 0 aromatic rings. The van der Waals surface area contributed by atoms with Crippen LogP contribution in [0, 0.1) is 0 Å². The van der Waals surface area contributed by atoms with Crippen LogP contribution in [0.3, 0.4) is 0 Å². The van der Waals surface area contributed by atoms with E-state index in [4.69, 9.17) is 18.9 Å². The highest BCUT2D eigenvalue weighted by molar-refractivity contribution is 14.0. The Kier molecular flexibility index (Phi) is 11.9. The first-order valence-corrected chi connectivity index (χ1v) is 8.68. The van der Waals surface area contributed by atoms with E-state index < -0.39 is 0 Å². The normalized spacial score (nSPS) is 24.8. The molecule has 0 amide bonds. The fourth-order valence-electron chi connectivity index (χ4n) is 2.87. The van der Waals surface area contributed by atoms with E-state index in [1.165, 1.54) is 0 Å². The zero-order valence-electron chi connectivity index (χ0n) is 14.9. The minimum absolute atomic E-state index is 0. The number of morpholine rings is 1. The highest BCUT2D eigenvalue weighted by Gasteiger charge is 2.32. The Balaban J connectivity index is 0.00000288. The summed E-state index contributed by atoms with van der Waals surface area (Å²) >= 11 is 0. The van der Waals surface area contributed by atoms with Crippen molar-refractivity contribution < 1.29 is 18.9 Å². The second-order valence-electron chi connectivity index (χ2n) is 5.75. The van der Waals surface area contributed by atoms with Crippen LogP contribution in [0.2, 0.25) is 0 Å². The van der Waals surface area contributed by atoms with Crippen molar-refractivity contribution in [3.05, 3.63) is 0 Å². The Labute approximate surface area is 162 Å².